The molecular formula is C23H30O. The minimum absolute atomic E-state index is 0.147. The largest absolute Gasteiger partial charge is 0.373 e. The molecule has 24 heavy (non-hydrogen) atoms. The number of fused-ring (bicyclic) bond motifs is 5. The van der Waals surface area contributed by atoms with Crippen LogP contribution in [0.3, 0.4) is 0 Å². The number of hydrogen-bond donors (Lipinski definition) is 1. The van der Waals surface area contributed by atoms with Crippen LogP contribution in [0.5, 0.6) is 0 Å². The molecular weight excluding hydrogens is 292 g/mol. The normalized spacial score (nSPS) is 47.0. The number of allylic oxidation sites excluding steroid dienone is 4. The van der Waals surface area contributed by atoms with Gasteiger partial charge >= 0.3 is 0 Å². The van der Waals surface area contributed by atoms with Crippen LogP contribution in [0.2, 0.25) is 0 Å². The van der Waals surface area contributed by atoms with Gasteiger partial charge in [0.2, 0.25) is 0 Å². The van der Waals surface area contributed by atoms with Crippen molar-refractivity contribution >= 4 is 0 Å². The van der Waals surface area contributed by atoms with Gasteiger partial charge in [0.15, 0.2) is 5.60 Å². The van der Waals surface area contributed by atoms with Crippen molar-refractivity contribution in [1.29, 1.82) is 0 Å². The number of hydrogen-bond acceptors (Lipinski definition) is 1. The van der Waals surface area contributed by atoms with E-state index in [1.807, 2.05) is 0 Å². The third kappa shape index (κ3) is 1.87. The Morgan fingerprint density at radius 1 is 1.38 bits per heavy atom. The molecule has 0 heterocycles. The summed E-state index contributed by atoms with van der Waals surface area (Å²) in [4.78, 5) is 0. The van der Waals surface area contributed by atoms with Crippen molar-refractivity contribution in [3.8, 4) is 12.3 Å². The molecule has 0 amide bonds. The van der Waals surface area contributed by atoms with E-state index >= 15 is 0 Å². The summed E-state index contributed by atoms with van der Waals surface area (Å²) in [6, 6.07) is 0. The van der Waals surface area contributed by atoms with Crippen molar-refractivity contribution in [2.75, 3.05) is 0 Å². The smallest absolute Gasteiger partial charge is 0.152 e. The van der Waals surface area contributed by atoms with Crippen molar-refractivity contribution in [2.45, 2.75) is 64.4 Å². The fraction of sp³-hybridized carbons (Fsp3) is 0.652. The van der Waals surface area contributed by atoms with Crippen LogP contribution in [0.4, 0.5) is 0 Å². The van der Waals surface area contributed by atoms with Crippen molar-refractivity contribution in [3.05, 3.63) is 35.5 Å². The second-order valence-electron chi connectivity index (χ2n) is 8.72. The Balaban J connectivity index is 1.73. The molecule has 0 aliphatic heterocycles. The van der Waals surface area contributed by atoms with Gasteiger partial charge in [0.1, 0.15) is 0 Å². The molecule has 0 spiro atoms. The number of rotatable bonds is 1. The summed E-state index contributed by atoms with van der Waals surface area (Å²) < 4.78 is 0. The first-order valence-corrected chi connectivity index (χ1v) is 9.72. The lowest BCUT2D eigenvalue weighted by Gasteiger charge is -2.55. The van der Waals surface area contributed by atoms with Gasteiger partial charge in [-0.05, 0) is 86.7 Å². The molecule has 1 N–H and O–H groups in total. The Bertz CT molecular complexity index is 675. The molecule has 128 valence electrons. The fourth-order valence-corrected chi connectivity index (χ4v) is 6.83. The third-order valence-corrected chi connectivity index (χ3v) is 8.07. The van der Waals surface area contributed by atoms with Gasteiger partial charge < -0.3 is 5.11 Å². The van der Waals surface area contributed by atoms with Gasteiger partial charge in [0.25, 0.3) is 0 Å². The molecule has 6 atom stereocenters. The molecule has 4 rings (SSSR count). The van der Waals surface area contributed by atoms with Gasteiger partial charge in [-0.15, -0.1) is 6.42 Å². The molecule has 0 saturated heterocycles. The maximum absolute atomic E-state index is 11.3. The lowest BCUT2D eigenvalue weighted by Crippen LogP contribution is -2.53. The average Bonchev–Trinajstić information content (AvgIpc) is 2.83. The van der Waals surface area contributed by atoms with E-state index in [1.165, 1.54) is 24.8 Å². The van der Waals surface area contributed by atoms with Crippen LogP contribution in [0.15, 0.2) is 35.5 Å². The molecule has 4 aliphatic carbocycles. The zero-order valence-electron chi connectivity index (χ0n) is 15.1. The summed E-state index contributed by atoms with van der Waals surface area (Å²) in [5.74, 6) is 5.44. The summed E-state index contributed by atoms with van der Waals surface area (Å²) in [5, 5.41) is 11.3. The maximum atomic E-state index is 11.3. The predicted octanol–water partition coefficient (Wildman–Crippen LogP) is 5.04. The molecule has 1 nitrogen and oxygen atoms in total. The topological polar surface area (TPSA) is 20.2 Å². The average molecular weight is 322 g/mol. The zero-order chi connectivity index (χ0) is 17.1. The maximum Gasteiger partial charge on any atom is 0.152 e. The van der Waals surface area contributed by atoms with Crippen LogP contribution in [0.1, 0.15) is 58.8 Å². The van der Waals surface area contributed by atoms with E-state index in [0.717, 1.165) is 43.1 Å². The van der Waals surface area contributed by atoms with Crippen molar-refractivity contribution in [1.82, 2.24) is 0 Å². The predicted molar refractivity (Wildman–Crippen MR) is 99.1 cm³/mol. The van der Waals surface area contributed by atoms with Gasteiger partial charge in [0, 0.05) is 5.41 Å². The van der Waals surface area contributed by atoms with Crippen molar-refractivity contribution < 1.29 is 5.11 Å². The molecule has 0 bridgehead atoms. The number of aliphatic hydroxyl groups is 1. The van der Waals surface area contributed by atoms with Crippen LogP contribution in [0.25, 0.3) is 0 Å². The molecule has 4 aliphatic rings. The fourth-order valence-electron chi connectivity index (χ4n) is 6.83. The van der Waals surface area contributed by atoms with Gasteiger partial charge in [-0.2, -0.15) is 0 Å². The first-order chi connectivity index (χ1) is 11.5. The Morgan fingerprint density at radius 3 is 2.88 bits per heavy atom. The summed E-state index contributed by atoms with van der Waals surface area (Å²) in [6.45, 7) is 8.68. The first-order valence-electron chi connectivity index (χ1n) is 9.72. The second kappa shape index (κ2) is 5.37. The third-order valence-electron chi connectivity index (χ3n) is 8.07. The lowest BCUT2D eigenvalue weighted by molar-refractivity contribution is -0.0858. The highest BCUT2D eigenvalue weighted by Gasteiger charge is 2.64. The summed E-state index contributed by atoms with van der Waals surface area (Å²) in [7, 11) is 0. The van der Waals surface area contributed by atoms with Crippen molar-refractivity contribution in [2.24, 2.45) is 29.1 Å². The van der Waals surface area contributed by atoms with Crippen LogP contribution >= 0.6 is 0 Å². The Morgan fingerprint density at radius 2 is 2.17 bits per heavy atom. The van der Waals surface area contributed by atoms with E-state index in [-0.39, 0.29) is 5.41 Å². The van der Waals surface area contributed by atoms with Gasteiger partial charge in [0.05, 0.1) is 0 Å². The quantitative estimate of drug-likeness (QED) is 0.530. The lowest BCUT2D eigenvalue weighted by atomic mass is 9.50. The van der Waals surface area contributed by atoms with E-state index in [2.05, 4.69) is 38.5 Å². The molecule has 2 saturated carbocycles. The van der Waals surface area contributed by atoms with Gasteiger partial charge in [-0.1, -0.05) is 37.1 Å². The molecule has 3 unspecified atom stereocenters. The summed E-state index contributed by atoms with van der Waals surface area (Å²) in [6.07, 6.45) is 18.6. The molecule has 0 aromatic heterocycles. The van der Waals surface area contributed by atoms with Crippen molar-refractivity contribution in [3.63, 3.8) is 0 Å². The highest BCUT2D eigenvalue weighted by molar-refractivity contribution is 5.41. The summed E-state index contributed by atoms with van der Waals surface area (Å²) >= 11 is 0. The van der Waals surface area contributed by atoms with E-state index in [9.17, 15) is 5.11 Å². The number of terminal acetylenes is 1. The highest BCUT2D eigenvalue weighted by atomic mass is 16.3. The van der Waals surface area contributed by atoms with E-state index in [1.54, 1.807) is 5.57 Å². The zero-order valence-corrected chi connectivity index (χ0v) is 15.1. The molecule has 1 heteroatoms. The van der Waals surface area contributed by atoms with E-state index < -0.39 is 5.60 Å². The SMILES string of the molecule is C#C[C@]1(O)C(=C)CC2[C@@H]3CC=C4C=C(C)CCC4C3CC[C@@]21CC. The second-order valence-corrected chi connectivity index (χ2v) is 8.72. The Kier molecular flexibility index (Phi) is 3.63. The van der Waals surface area contributed by atoms with Crippen LogP contribution in [-0.4, -0.2) is 10.7 Å². The van der Waals surface area contributed by atoms with Crippen LogP contribution < -0.4 is 0 Å². The standard InChI is InChI=1S/C23H30O/c1-5-22-12-11-19-18-9-7-15(3)13-17(18)8-10-20(19)21(22)14-16(4)23(22,24)6-2/h2,8,13,18-21,24H,4-5,7,9-12,14H2,1,3H3/t18?,19?,20-,21?,22+,23+/m1/s1. The minimum Gasteiger partial charge on any atom is -0.373 e. The minimum atomic E-state index is -1.09. The van der Waals surface area contributed by atoms with Crippen LogP contribution in [0, 0.1) is 41.4 Å². The molecule has 0 aromatic rings. The Labute approximate surface area is 146 Å². The summed E-state index contributed by atoms with van der Waals surface area (Å²) in [5.41, 5.74) is 2.78. The molecule has 0 radical (unpaired) electrons. The van der Waals surface area contributed by atoms with E-state index in [4.69, 9.17) is 6.42 Å². The Hall–Kier alpha value is -1.26. The molecule has 2 fully saturated rings. The highest BCUT2D eigenvalue weighted by Crippen LogP contribution is 2.66. The molecule has 0 aromatic carbocycles. The van der Waals surface area contributed by atoms with Gasteiger partial charge in [-0.25, -0.2) is 0 Å². The first kappa shape index (κ1) is 16.2. The van der Waals surface area contributed by atoms with E-state index in [0.29, 0.717) is 11.8 Å². The van der Waals surface area contributed by atoms with Crippen LogP contribution in [-0.2, 0) is 0 Å². The monoisotopic (exact) mass is 322 g/mol. The van der Waals surface area contributed by atoms with Gasteiger partial charge in [-0.3, -0.25) is 0 Å².